The highest BCUT2D eigenvalue weighted by Gasteiger charge is 2.30. The molecule has 0 heterocycles. The lowest BCUT2D eigenvalue weighted by molar-refractivity contribution is 0.579. The van der Waals surface area contributed by atoms with Crippen molar-refractivity contribution < 1.29 is 4.39 Å². The normalized spacial score (nSPS) is 15.0. The largest absolute Gasteiger partial charge is 0.366 e. The molecule has 0 radical (unpaired) electrons. The molecule has 2 nitrogen and oxygen atoms in total. The van der Waals surface area contributed by atoms with Crippen LogP contribution in [0.2, 0.25) is 0 Å². The molecule has 0 aliphatic heterocycles. The summed E-state index contributed by atoms with van der Waals surface area (Å²) in [5.74, 6) is -0.0802. The number of hydrogen-bond acceptors (Lipinski definition) is 2. The molecule has 1 N–H and O–H groups in total. The molecule has 3 heteroatoms. The predicted octanol–water partition coefficient (Wildman–Crippen LogP) is 3.70. The van der Waals surface area contributed by atoms with Crippen LogP contribution in [0.25, 0.3) is 0 Å². The van der Waals surface area contributed by atoms with Crippen molar-refractivity contribution in [2.75, 3.05) is 11.4 Å². The molecule has 1 fully saturated rings. The molecular formula is C16H25FN2. The van der Waals surface area contributed by atoms with Crippen LogP contribution in [-0.4, -0.2) is 18.6 Å². The van der Waals surface area contributed by atoms with Crippen molar-refractivity contribution >= 4 is 5.69 Å². The second-order valence-corrected chi connectivity index (χ2v) is 5.75. The molecule has 2 rings (SSSR count). The first kappa shape index (κ1) is 14.3. The third-order valence-corrected chi connectivity index (χ3v) is 3.49. The van der Waals surface area contributed by atoms with Gasteiger partial charge < -0.3 is 10.2 Å². The van der Waals surface area contributed by atoms with Crippen molar-refractivity contribution in [1.29, 1.82) is 0 Å². The number of rotatable bonds is 7. The molecule has 0 amide bonds. The van der Waals surface area contributed by atoms with Gasteiger partial charge in [-0.15, -0.1) is 0 Å². The van der Waals surface area contributed by atoms with E-state index in [2.05, 4.69) is 31.0 Å². The molecule has 106 valence electrons. The Morgan fingerprint density at radius 1 is 1.37 bits per heavy atom. The fourth-order valence-corrected chi connectivity index (χ4v) is 2.34. The number of halogens is 1. The van der Waals surface area contributed by atoms with E-state index in [1.54, 1.807) is 6.07 Å². The molecule has 0 saturated heterocycles. The van der Waals surface area contributed by atoms with Gasteiger partial charge in [-0.05, 0) is 37.0 Å². The summed E-state index contributed by atoms with van der Waals surface area (Å²) in [6, 6.07) is 6.65. The molecule has 1 aliphatic rings. The van der Waals surface area contributed by atoms with Crippen LogP contribution < -0.4 is 10.2 Å². The molecular weight excluding hydrogens is 239 g/mol. The van der Waals surface area contributed by atoms with Crippen LogP contribution in [0, 0.1) is 5.82 Å². The molecule has 1 aliphatic carbocycles. The van der Waals surface area contributed by atoms with Crippen LogP contribution in [0.4, 0.5) is 10.1 Å². The zero-order chi connectivity index (χ0) is 13.8. The van der Waals surface area contributed by atoms with E-state index in [0.717, 1.165) is 30.8 Å². The molecule has 0 unspecified atom stereocenters. The lowest BCUT2D eigenvalue weighted by Crippen LogP contribution is -2.27. The Labute approximate surface area is 116 Å². The van der Waals surface area contributed by atoms with Crippen molar-refractivity contribution in [1.82, 2.24) is 5.32 Å². The van der Waals surface area contributed by atoms with Crippen molar-refractivity contribution in [2.24, 2.45) is 0 Å². The summed E-state index contributed by atoms with van der Waals surface area (Å²) in [7, 11) is 0. The predicted molar refractivity (Wildman–Crippen MR) is 79.0 cm³/mol. The van der Waals surface area contributed by atoms with E-state index in [1.165, 1.54) is 12.8 Å². The Kier molecular flexibility index (Phi) is 4.81. The minimum absolute atomic E-state index is 0.0802. The number of hydrogen-bond donors (Lipinski definition) is 1. The maximum Gasteiger partial charge on any atom is 0.146 e. The van der Waals surface area contributed by atoms with E-state index in [9.17, 15) is 4.39 Å². The highest BCUT2D eigenvalue weighted by atomic mass is 19.1. The molecule has 1 aromatic rings. The quantitative estimate of drug-likeness (QED) is 0.807. The highest BCUT2D eigenvalue weighted by molar-refractivity contribution is 5.51. The van der Waals surface area contributed by atoms with Gasteiger partial charge in [-0.25, -0.2) is 4.39 Å². The van der Waals surface area contributed by atoms with Crippen molar-refractivity contribution in [3.63, 3.8) is 0 Å². The van der Waals surface area contributed by atoms with Gasteiger partial charge in [0, 0.05) is 25.2 Å². The Balaban J connectivity index is 2.08. The average molecular weight is 264 g/mol. The summed E-state index contributed by atoms with van der Waals surface area (Å²) in [5.41, 5.74) is 1.79. The van der Waals surface area contributed by atoms with Gasteiger partial charge in [0.2, 0.25) is 0 Å². The van der Waals surface area contributed by atoms with Crippen LogP contribution in [0.5, 0.6) is 0 Å². The molecule has 0 spiro atoms. The van der Waals surface area contributed by atoms with E-state index in [-0.39, 0.29) is 5.82 Å². The van der Waals surface area contributed by atoms with Gasteiger partial charge >= 0.3 is 0 Å². The maximum atomic E-state index is 14.3. The van der Waals surface area contributed by atoms with Gasteiger partial charge in [-0.1, -0.05) is 26.8 Å². The van der Waals surface area contributed by atoms with E-state index in [4.69, 9.17) is 0 Å². The summed E-state index contributed by atoms with van der Waals surface area (Å²) in [4.78, 5) is 2.23. The summed E-state index contributed by atoms with van der Waals surface area (Å²) in [6.45, 7) is 8.02. The number of nitrogens with zero attached hydrogens (tertiary/aromatic N) is 1. The van der Waals surface area contributed by atoms with Crippen LogP contribution >= 0.6 is 0 Å². The first-order valence-corrected chi connectivity index (χ1v) is 7.40. The molecule has 0 bridgehead atoms. The third-order valence-electron chi connectivity index (χ3n) is 3.49. The van der Waals surface area contributed by atoms with Gasteiger partial charge in [0.05, 0.1) is 5.69 Å². The topological polar surface area (TPSA) is 15.3 Å². The second kappa shape index (κ2) is 6.38. The first-order chi connectivity index (χ1) is 9.11. The zero-order valence-electron chi connectivity index (χ0n) is 12.2. The van der Waals surface area contributed by atoms with Gasteiger partial charge in [-0.3, -0.25) is 0 Å². The Bertz CT molecular complexity index is 413. The van der Waals surface area contributed by atoms with Crippen molar-refractivity contribution in [3.8, 4) is 0 Å². The van der Waals surface area contributed by atoms with Gasteiger partial charge in [0.1, 0.15) is 5.82 Å². The Hall–Kier alpha value is -1.09. The first-order valence-electron chi connectivity index (χ1n) is 7.40. The number of benzene rings is 1. The van der Waals surface area contributed by atoms with Crippen LogP contribution in [-0.2, 0) is 6.54 Å². The van der Waals surface area contributed by atoms with E-state index < -0.39 is 0 Å². The third kappa shape index (κ3) is 3.93. The maximum absolute atomic E-state index is 14.3. The Morgan fingerprint density at radius 2 is 2.11 bits per heavy atom. The lowest BCUT2D eigenvalue weighted by Gasteiger charge is -2.25. The standard InChI is InChI=1S/C16H25FN2/c1-4-9-19(14-6-7-14)16-8-5-13(10-15(16)17)11-18-12(2)3/h5,8,10,12,14,18H,4,6-7,9,11H2,1-3H3. The highest BCUT2D eigenvalue weighted by Crippen LogP contribution is 2.33. The summed E-state index contributed by atoms with van der Waals surface area (Å²) in [6.07, 6.45) is 3.47. The summed E-state index contributed by atoms with van der Waals surface area (Å²) in [5, 5.41) is 3.32. The van der Waals surface area contributed by atoms with E-state index in [1.807, 2.05) is 12.1 Å². The second-order valence-electron chi connectivity index (χ2n) is 5.75. The van der Waals surface area contributed by atoms with Crippen LogP contribution in [0.3, 0.4) is 0 Å². The lowest BCUT2D eigenvalue weighted by atomic mass is 10.1. The minimum atomic E-state index is -0.0802. The summed E-state index contributed by atoms with van der Waals surface area (Å²) < 4.78 is 14.3. The molecule has 0 atom stereocenters. The van der Waals surface area contributed by atoms with E-state index >= 15 is 0 Å². The zero-order valence-corrected chi connectivity index (χ0v) is 12.2. The van der Waals surface area contributed by atoms with E-state index in [0.29, 0.717) is 12.1 Å². The van der Waals surface area contributed by atoms with Gasteiger partial charge in [-0.2, -0.15) is 0 Å². The average Bonchev–Trinajstić information content (AvgIpc) is 3.18. The smallest absolute Gasteiger partial charge is 0.146 e. The molecule has 1 aromatic carbocycles. The van der Waals surface area contributed by atoms with Gasteiger partial charge in [0.15, 0.2) is 0 Å². The van der Waals surface area contributed by atoms with Crippen molar-refractivity contribution in [3.05, 3.63) is 29.6 Å². The Morgan fingerprint density at radius 3 is 2.63 bits per heavy atom. The molecule has 19 heavy (non-hydrogen) atoms. The fraction of sp³-hybridized carbons (Fsp3) is 0.625. The van der Waals surface area contributed by atoms with Crippen LogP contribution in [0.15, 0.2) is 18.2 Å². The number of anilines is 1. The number of nitrogens with one attached hydrogen (secondary N) is 1. The van der Waals surface area contributed by atoms with Crippen molar-refractivity contribution in [2.45, 2.75) is 58.7 Å². The SMILES string of the molecule is CCCN(c1ccc(CNC(C)C)cc1F)C1CC1. The summed E-state index contributed by atoms with van der Waals surface area (Å²) >= 11 is 0. The monoisotopic (exact) mass is 264 g/mol. The fourth-order valence-electron chi connectivity index (χ4n) is 2.34. The van der Waals surface area contributed by atoms with Crippen LogP contribution in [0.1, 0.15) is 45.6 Å². The molecule has 0 aromatic heterocycles. The molecule has 1 saturated carbocycles. The minimum Gasteiger partial charge on any atom is -0.366 e. The van der Waals surface area contributed by atoms with Gasteiger partial charge in [0.25, 0.3) is 0 Å².